The number of benzene rings is 2. The highest BCUT2D eigenvalue weighted by atomic mass is 16.2. The fourth-order valence-corrected chi connectivity index (χ4v) is 4.61. The number of fused-ring (bicyclic) bond motifs is 2. The molecule has 25 heavy (non-hydrogen) atoms. The van der Waals surface area contributed by atoms with E-state index in [0.717, 1.165) is 26.1 Å². The van der Waals surface area contributed by atoms with Crippen LogP contribution in [-0.2, 0) is 6.54 Å². The van der Waals surface area contributed by atoms with Gasteiger partial charge in [-0.05, 0) is 30.0 Å². The molecule has 1 saturated heterocycles. The van der Waals surface area contributed by atoms with E-state index in [4.69, 9.17) is 0 Å². The second-order valence-electron chi connectivity index (χ2n) is 7.66. The van der Waals surface area contributed by atoms with E-state index in [-0.39, 0.29) is 17.2 Å². The van der Waals surface area contributed by atoms with Gasteiger partial charge in [0.1, 0.15) is 0 Å². The van der Waals surface area contributed by atoms with Crippen molar-refractivity contribution in [3.8, 4) is 0 Å². The topological polar surface area (TPSA) is 40.6 Å². The summed E-state index contributed by atoms with van der Waals surface area (Å²) in [5.41, 5.74) is 2.54. The minimum absolute atomic E-state index is 0.113. The maximum atomic E-state index is 12.6. The molecule has 0 radical (unpaired) electrons. The quantitative estimate of drug-likeness (QED) is 0.809. The number of rotatable bonds is 4. The van der Waals surface area contributed by atoms with Crippen molar-refractivity contribution in [3.05, 3.63) is 71.3 Å². The maximum absolute atomic E-state index is 12.6. The Morgan fingerprint density at radius 3 is 2.24 bits per heavy atom. The highest BCUT2D eigenvalue weighted by molar-refractivity contribution is 6.21. The van der Waals surface area contributed by atoms with E-state index < -0.39 is 0 Å². The standard InChI is InChI=1S/C21H20N2O2/c24-19-17-8-4-5-9-18(17)20(25)23(19)14-21-10-16(21)12-22(13-21)11-15-6-2-1-3-7-15/h1-9,16H,10-14H2. The summed E-state index contributed by atoms with van der Waals surface area (Å²) in [5.74, 6) is 0.366. The SMILES string of the molecule is O=C1c2ccccc2C(=O)N1CC12CC1CN(Cc1ccccc1)C2. The van der Waals surface area contributed by atoms with Crippen LogP contribution in [0.15, 0.2) is 54.6 Å². The molecule has 0 N–H and O–H groups in total. The summed E-state index contributed by atoms with van der Waals surface area (Å²) in [6.45, 7) is 3.55. The molecule has 126 valence electrons. The molecule has 2 heterocycles. The predicted molar refractivity (Wildman–Crippen MR) is 94.1 cm³/mol. The zero-order valence-corrected chi connectivity index (χ0v) is 14.0. The molecular formula is C21H20N2O2. The van der Waals surface area contributed by atoms with Crippen LogP contribution in [0.2, 0.25) is 0 Å². The van der Waals surface area contributed by atoms with Crippen LogP contribution >= 0.6 is 0 Å². The van der Waals surface area contributed by atoms with Gasteiger partial charge in [0.15, 0.2) is 0 Å². The lowest BCUT2D eigenvalue weighted by Gasteiger charge is -2.24. The number of hydrogen-bond acceptors (Lipinski definition) is 3. The van der Waals surface area contributed by atoms with E-state index in [1.54, 1.807) is 12.1 Å². The van der Waals surface area contributed by atoms with Gasteiger partial charge in [-0.25, -0.2) is 0 Å². The molecular weight excluding hydrogens is 312 g/mol. The average Bonchev–Trinajstić information content (AvgIpc) is 3.10. The number of hydrogen-bond donors (Lipinski definition) is 0. The Balaban J connectivity index is 1.30. The number of likely N-dealkylation sites (tertiary alicyclic amines) is 1. The Morgan fingerprint density at radius 1 is 0.920 bits per heavy atom. The fourth-order valence-electron chi connectivity index (χ4n) is 4.61. The Morgan fingerprint density at radius 2 is 1.56 bits per heavy atom. The first-order chi connectivity index (χ1) is 12.2. The highest BCUT2D eigenvalue weighted by Gasteiger charge is 2.61. The van der Waals surface area contributed by atoms with Crippen molar-refractivity contribution in [3.63, 3.8) is 0 Å². The van der Waals surface area contributed by atoms with Crippen LogP contribution in [-0.4, -0.2) is 41.2 Å². The molecule has 2 unspecified atom stereocenters. The molecule has 2 fully saturated rings. The normalized spacial score (nSPS) is 27.5. The third-order valence-electron chi connectivity index (χ3n) is 5.98. The van der Waals surface area contributed by atoms with Crippen LogP contribution in [0.5, 0.6) is 0 Å². The summed E-state index contributed by atoms with van der Waals surface area (Å²) in [7, 11) is 0. The lowest BCUT2D eigenvalue weighted by molar-refractivity contribution is 0.0614. The zero-order chi connectivity index (χ0) is 17.0. The Kier molecular flexibility index (Phi) is 3.13. The predicted octanol–water partition coefficient (Wildman–Crippen LogP) is 2.80. The molecule has 0 spiro atoms. The summed E-state index contributed by atoms with van der Waals surface area (Å²) < 4.78 is 0. The van der Waals surface area contributed by atoms with Crippen LogP contribution in [0.25, 0.3) is 0 Å². The number of nitrogens with zero attached hydrogens (tertiary/aromatic N) is 2. The van der Waals surface area contributed by atoms with Crippen LogP contribution < -0.4 is 0 Å². The monoisotopic (exact) mass is 332 g/mol. The summed E-state index contributed by atoms with van der Waals surface area (Å²) in [4.78, 5) is 29.2. The first-order valence-corrected chi connectivity index (χ1v) is 8.88. The highest BCUT2D eigenvalue weighted by Crippen LogP contribution is 2.58. The van der Waals surface area contributed by atoms with E-state index in [1.165, 1.54) is 10.5 Å². The third kappa shape index (κ3) is 2.32. The van der Waals surface area contributed by atoms with E-state index in [0.29, 0.717) is 23.6 Å². The molecule has 5 rings (SSSR count). The molecule has 2 atom stereocenters. The molecule has 0 bridgehead atoms. The lowest BCUT2D eigenvalue weighted by Crippen LogP contribution is -2.38. The van der Waals surface area contributed by atoms with Gasteiger partial charge in [-0.3, -0.25) is 19.4 Å². The van der Waals surface area contributed by atoms with Crippen molar-refractivity contribution >= 4 is 11.8 Å². The molecule has 2 aliphatic heterocycles. The largest absolute Gasteiger partial charge is 0.298 e. The summed E-state index contributed by atoms with van der Waals surface area (Å²) in [5, 5.41) is 0. The number of piperidine rings is 1. The number of imide groups is 1. The summed E-state index contributed by atoms with van der Waals surface area (Å²) in [6.07, 6.45) is 1.13. The second-order valence-corrected chi connectivity index (χ2v) is 7.66. The first kappa shape index (κ1) is 14.8. The molecule has 4 heteroatoms. The summed E-state index contributed by atoms with van der Waals surface area (Å²) >= 11 is 0. The van der Waals surface area contributed by atoms with Gasteiger partial charge in [-0.15, -0.1) is 0 Å². The van der Waals surface area contributed by atoms with Crippen molar-refractivity contribution in [2.24, 2.45) is 11.3 Å². The fraction of sp³-hybridized carbons (Fsp3) is 0.333. The van der Waals surface area contributed by atoms with Crippen molar-refractivity contribution in [2.45, 2.75) is 13.0 Å². The van der Waals surface area contributed by atoms with Crippen molar-refractivity contribution in [1.82, 2.24) is 9.80 Å². The Hall–Kier alpha value is -2.46. The average molecular weight is 332 g/mol. The van der Waals surface area contributed by atoms with Crippen LogP contribution in [0.1, 0.15) is 32.7 Å². The number of amides is 2. The van der Waals surface area contributed by atoms with Gasteiger partial charge in [0.25, 0.3) is 11.8 Å². The number of carbonyl (C=O) groups excluding carboxylic acids is 2. The minimum Gasteiger partial charge on any atom is -0.298 e. The van der Waals surface area contributed by atoms with Crippen LogP contribution in [0.4, 0.5) is 0 Å². The molecule has 1 aliphatic carbocycles. The molecule has 2 amide bonds. The van der Waals surface area contributed by atoms with E-state index in [1.807, 2.05) is 18.2 Å². The lowest BCUT2D eigenvalue weighted by atomic mass is 10.1. The Labute approximate surface area is 147 Å². The molecule has 4 nitrogen and oxygen atoms in total. The van der Waals surface area contributed by atoms with Gasteiger partial charge in [-0.1, -0.05) is 42.5 Å². The van der Waals surface area contributed by atoms with Gasteiger partial charge in [-0.2, -0.15) is 0 Å². The van der Waals surface area contributed by atoms with E-state index in [9.17, 15) is 9.59 Å². The van der Waals surface area contributed by atoms with Crippen LogP contribution in [0.3, 0.4) is 0 Å². The summed E-state index contributed by atoms with van der Waals surface area (Å²) in [6, 6.07) is 17.6. The van der Waals surface area contributed by atoms with Gasteiger partial charge < -0.3 is 0 Å². The van der Waals surface area contributed by atoms with Crippen molar-refractivity contribution in [1.29, 1.82) is 0 Å². The van der Waals surface area contributed by atoms with Gasteiger partial charge in [0, 0.05) is 31.6 Å². The second kappa shape index (κ2) is 5.27. The Bertz CT molecular complexity index is 828. The van der Waals surface area contributed by atoms with Gasteiger partial charge in [0.2, 0.25) is 0 Å². The minimum atomic E-state index is -0.123. The van der Waals surface area contributed by atoms with Gasteiger partial charge >= 0.3 is 0 Å². The number of carbonyl (C=O) groups is 2. The van der Waals surface area contributed by atoms with Gasteiger partial charge in [0.05, 0.1) is 11.1 Å². The molecule has 3 aliphatic rings. The van der Waals surface area contributed by atoms with E-state index in [2.05, 4.69) is 29.2 Å². The van der Waals surface area contributed by atoms with Crippen molar-refractivity contribution < 1.29 is 9.59 Å². The smallest absolute Gasteiger partial charge is 0.261 e. The van der Waals surface area contributed by atoms with E-state index >= 15 is 0 Å². The first-order valence-electron chi connectivity index (χ1n) is 8.88. The molecule has 2 aromatic carbocycles. The molecule has 0 aromatic heterocycles. The van der Waals surface area contributed by atoms with Crippen LogP contribution in [0, 0.1) is 11.3 Å². The van der Waals surface area contributed by atoms with Crippen molar-refractivity contribution in [2.75, 3.05) is 19.6 Å². The maximum Gasteiger partial charge on any atom is 0.261 e. The zero-order valence-electron chi connectivity index (χ0n) is 14.0. The molecule has 1 saturated carbocycles. The third-order valence-corrected chi connectivity index (χ3v) is 5.98. The molecule has 2 aromatic rings.